The maximum atomic E-state index is 11.3. The van der Waals surface area contributed by atoms with Crippen LogP contribution in [0.5, 0.6) is 0 Å². The molecule has 5 heteroatoms. The quantitative estimate of drug-likeness (QED) is 0.430. The lowest BCUT2D eigenvalue weighted by molar-refractivity contribution is 0.531. The lowest BCUT2D eigenvalue weighted by Gasteiger charge is -2.22. The summed E-state index contributed by atoms with van der Waals surface area (Å²) in [7, 11) is -3.01. The minimum absolute atomic E-state index is 0.443. The molecule has 0 heterocycles. The van der Waals surface area contributed by atoms with Crippen molar-refractivity contribution in [2.75, 3.05) is 25.2 Å². The van der Waals surface area contributed by atoms with Crippen molar-refractivity contribution in [2.24, 2.45) is 0 Å². The molecule has 0 aromatic carbocycles. The number of hydrogen-bond acceptors (Lipinski definition) is 3. The Morgan fingerprint density at radius 1 is 1.36 bits per heavy atom. The van der Waals surface area contributed by atoms with E-state index in [-0.39, 0.29) is 0 Å². The van der Waals surface area contributed by atoms with Gasteiger partial charge >= 0.3 is 0 Å². The minimum Gasteiger partial charge on any atom is -0.312 e. The first kappa shape index (κ1) is 13.9. The third kappa shape index (κ3) is 4.98. The maximum Gasteiger partial charge on any atom is 0.153 e. The highest BCUT2D eigenvalue weighted by molar-refractivity contribution is 7.92. The van der Waals surface area contributed by atoms with Crippen LogP contribution >= 0.6 is 11.6 Å². The Morgan fingerprint density at radius 3 is 2.36 bits per heavy atom. The van der Waals surface area contributed by atoms with Gasteiger partial charge in [-0.1, -0.05) is 12.2 Å². The van der Waals surface area contributed by atoms with Crippen molar-refractivity contribution in [1.82, 2.24) is 5.32 Å². The van der Waals surface area contributed by atoms with Gasteiger partial charge in [0.2, 0.25) is 0 Å². The molecule has 0 atom stereocenters. The van der Waals surface area contributed by atoms with Gasteiger partial charge < -0.3 is 5.32 Å². The van der Waals surface area contributed by atoms with Crippen LogP contribution in [0, 0.1) is 0 Å². The van der Waals surface area contributed by atoms with E-state index in [1.54, 1.807) is 13.8 Å². The molecule has 0 aromatic heterocycles. The van der Waals surface area contributed by atoms with Crippen molar-refractivity contribution in [1.29, 1.82) is 0 Å². The molecule has 0 aromatic rings. The van der Waals surface area contributed by atoms with E-state index in [1.807, 2.05) is 12.2 Å². The van der Waals surface area contributed by atoms with Crippen LogP contribution in [-0.2, 0) is 9.84 Å². The zero-order valence-corrected chi connectivity index (χ0v) is 10.5. The first-order valence-electron chi connectivity index (χ1n) is 4.42. The Labute approximate surface area is 91.4 Å². The highest BCUT2D eigenvalue weighted by Gasteiger charge is 2.29. The zero-order valence-electron chi connectivity index (χ0n) is 8.88. The molecule has 84 valence electrons. The second-order valence-electron chi connectivity index (χ2n) is 3.79. The van der Waals surface area contributed by atoms with Crippen LogP contribution in [-0.4, -0.2) is 38.4 Å². The monoisotopic (exact) mass is 239 g/mol. The van der Waals surface area contributed by atoms with Crippen molar-refractivity contribution in [2.45, 2.75) is 18.6 Å². The van der Waals surface area contributed by atoms with Crippen molar-refractivity contribution >= 4 is 21.4 Å². The number of alkyl halides is 1. The van der Waals surface area contributed by atoms with Crippen LogP contribution in [0.25, 0.3) is 0 Å². The fourth-order valence-electron chi connectivity index (χ4n) is 0.734. The zero-order chi connectivity index (χ0) is 11.2. The molecular formula is C9H18ClNO2S. The summed E-state index contributed by atoms with van der Waals surface area (Å²) >= 11 is 5.43. The van der Waals surface area contributed by atoms with E-state index in [0.29, 0.717) is 19.0 Å². The van der Waals surface area contributed by atoms with Crippen LogP contribution in [0.15, 0.2) is 12.2 Å². The molecule has 3 nitrogen and oxygen atoms in total. The lowest BCUT2D eigenvalue weighted by atomic mass is 10.2. The van der Waals surface area contributed by atoms with Gasteiger partial charge in [-0.25, -0.2) is 8.42 Å². The van der Waals surface area contributed by atoms with Crippen molar-refractivity contribution < 1.29 is 8.42 Å². The van der Waals surface area contributed by atoms with Crippen LogP contribution in [0.2, 0.25) is 0 Å². The van der Waals surface area contributed by atoms with Gasteiger partial charge in [0.1, 0.15) is 0 Å². The smallest absolute Gasteiger partial charge is 0.153 e. The molecule has 14 heavy (non-hydrogen) atoms. The summed E-state index contributed by atoms with van der Waals surface area (Å²) in [5.41, 5.74) is 0. The second-order valence-corrected chi connectivity index (χ2v) is 6.75. The van der Waals surface area contributed by atoms with E-state index in [4.69, 9.17) is 11.6 Å². The van der Waals surface area contributed by atoms with Crippen molar-refractivity contribution in [3.63, 3.8) is 0 Å². The molecule has 0 amide bonds. The SMILES string of the molecule is CC(C)(CNC/C=C/CCl)S(C)(=O)=O. The Kier molecular flexibility index (Phi) is 5.71. The average Bonchev–Trinajstić information content (AvgIpc) is 2.02. The standard InChI is InChI=1S/C9H18ClNO2S/c1-9(2,14(3,12)13)8-11-7-5-4-6-10/h4-5,11H,6-8H2,1-3H3/b5-4+. The summed E-state index contributed by atoms with van der Waals surface area (Å²) in [6.07, 6.45) is 4.96. The maximum absolute atomic E-state index is 11.3. The summed E-state index contributed by atoms with van der Waals surface area (Å²) in [6, 6.07) is 0. The summed E-state index contributed by atoms with van der Waals surface area (Å²) in [6.45, 7) is 4.51. The number of halogens is 1. The van der Waals surface area contributed by atoms with Gasteiger partial charge in [0.15, 0.2) is 9.84 Å². The summed E-state index contributed by atoms with van der Waals surface area (Å²) in [5.74, 6) is 0.483. The molecule has 0 saturated heterocycles. The Balaban J connectivity index is 3.96. The number of nitrogens with one attached hydrogen (secondary N) is 1. The van der Waals surface area contributed by atoms with E-state index in [2.05, 4.69) is 5.32 Å². The molecule has 1 N–H and O–H groups in total. The van der Waals surface area contributed by atoms with E-state index in [0.717, 1.165) is 0 Å². The number of sulfone groups is 1. The van der Waals surface area contributed by atoms with Gasteiger partial charge in [-0.15, -0.1) is 11.6 Å². The van der Waals surface area contributed by atoms with Gasteiger partial charge in [0.25, 0.3) is 0 Å². The van der Waals surface area contributed by atoms with Gasteiger partial charge in [-0.3, -0.25) is 0 Å². The van der Waals surface area contributed by atoms with Crippen molar-refractivity contribution in [3.8, 4) is 0 Å². The topological polar surface area (TPSA) is 46.2 Å². The molecule has 0 aliphatic heterocycles. The van der Waals surface area contributed by atoms with Crippen LogP contribution in [0.1, 0.15) is 13.8 Å². The highest BCUT2D eigenvalue weighted by atomic mass is 35.5. The average molecular weight is 240 g/mol. The van der Waals surface area contributed by atoms with Gasteiger partial charge in [0, 0.05) is 25.2 Å². The van der Waals surface area contributed by atoms with Gasteiger partial charge in [-0.2, -0.15) is 0 Å². The first-order valence-corrected chi connectivity index (χ1v) is 6.85. The third-order valence-electron chi connectivity index (χ3n) is 2.07. The summed E-state index contributed by atoms with van der Waals surface area (Å²) in [4.78, 5) is 0. The minimum atomic E-state index is -3.01. The molecule has 0 aliphatic carbocycles. The van der Waals surface area contributed by atoms with Crippen LogP contribution < -0.4 is 5.32 Å². The lowest BCUT2D eigenvalue weighted by Crippen LogP contribution is -2.41. The number of allylic oxidation sites excluding steroid dienone is 1. The summed E-state index contributed by atoms with van der Waals surface area (Å²) in [5, 5.41) is 3.04. The number of hydrogen-bond donors (Lipinski definition) is 1. The Morgan fingerprint density at radius 2 is 1.93 bits per heavy atom. The third-order valence-corrected chi connectivity index (χ3v) is 4.40. The number of rotatable bonds is 6. The molecule has 0 spiro atoms. The normalized spacial score (nSPS) is 13.7. The van der Waals surface area contributed by atoms with E-state index in [1.165, 1.54) is 6.26 Å². The predicted molar refractivity (Wildman–Crippen MR) is 61.7 cm³/mol. The van der Waals surface area contributed by atoms with Crippen molar-refractivity contribution in [3.05, 3.63) is 12.2 Å². The molecular weight excluding hydrogens is 222 g/mol. The molecule has 0 fully saturated rings. The van der Waals surface area contributed by atoms with E-state index < -0.39 is 14.6 Å². The van der Waals surface area contributed by atoms with Gasteiger partial charge in [-0.05, 0) is 13.8 Å². The predicted octanol–water partition coefficient (Wildman–Crippen LogP) is 1.19. The Hall–Kier alpha value is -0.0600. The molecule has 0 unspecified atom stereocenters. The second kappa shape index (κ2) is 5.73. The summed E-state index contributed by atoms with van der Waals surface area (Å²) < 4.78 is 21.9. The molecule has 0 aliphatic rings. The molecule has 0 radical (unpaired) electrons. The van der Waals surface area contributed by atoms with E-state index in [9.17, 15) is 8.42 Å². The Bertz CT molecular complexity index is 283. The van der Waals surface area contributed by atoms with Crippen LogP contribution in [0.3, 0.4) is 0 Å². The van der Waals surface area contributed by atoms with E-state index >= 15 is 0 Å². The fourth-order valence-corrected chi connectivity index (χ4v) is 1.22. The molecule has 0 saturated carbocycles. The molecule has 0 bridgehead atoms. The molecule has 0 rings (SSSR count). The first-order chi connectivity index (χ1) is 6.31. The largest absolute Gasteiger partial charge is 0.312 e. The van der Waals surface area contributed by atoms with Crippen LogP contribution in [0.4, 0.5) is 0 Å². The van der Waals surface area contributed by atoms with Gasteiger partial charge in [0.05, 0.1) is 4.75 Å². The fraction of sp³-hybridized carbons (Fsp3) is 0.778. The highest BCUT2D eigenvalue weighted by Crippen LogP contribution is 2.12.